The van der Waals surface area contributed by atoms with Gasteiger partial charge in [0.25, 0.3) is 0 Å². The first kappa shape index (κ1) is 19.0. The second-order valence-corrected chi connectivity index (χ2v) is 5.75. The molecular formula is C16H27ClN2O3. The summed E-state index contributed by atoms with van der Waals surface area (Å²) in [6.45, 7) is 5.48. The lowest BCUT2D eigenvalue weighted by Gasteiger charge is -2.28. The molecule has 0 saturated carbocycles. The first-order valence-corrected chi connectivity index (χ1v) is 7.75. The zero-order valence-corrected chi connectivity index (χ0v) is 14.4. The summed E-state index contributed by atoms with van der Waals surface area (Å²) in [5, 5.41) is 6.44. The number of hydrogen-bond donors (Lipinski definition) is 2. The molecule has 6 heteroatoms. The summed E-state index contributed by atoms with van der Waals surface area (Å²) in [4.78, 5) is 12.4. The van der Waals surface area contributed by atoms with E-state index in [1.54, 1.807) is 7.11 Å². The topological polar surface area (TPSA) is 63.5 Å². The smallest absolute Gasteiger partial charge is 0.223 e. The van der Waals surface area contributed by atoms with E-state index in [9.17, 15) is 4.79 Å². The fourth-order valence-corrected chi connectivity index (χ4v) is 2.79. The van der Waals surface area contributed by atoms with Gasteiger partial charge in [0.1, 0.15) is 17.6 Å². The quantitative estimate of drug-likeness (QED) is 0.841. The third-order valence-electron chi connectivity index (χ3n) is 4.02. The Morgan fingerprint density at radius 1 is 1.55 bits per heavy atom. The van der Waals surface area contributed by atoms with Crippen molar-refractivity contribution in [1.29, 1.82) is 0 Å². The van der Waals surface area contributed by atoms with E-state index in [1.807, 2.05) is 19.1 Å². The highest BCUT2D eigenvalue weighted by molar-refractivity contribution is 5.85. The Kier molecular flexibility index (Phi) is 7.93. The maximum Gasteiger partial charge on any atom is 0.223 e. The van der Waals surface area contributed by atoms with Gasteiger partial charge in [0, 0.05) is 25.5 Å². The molecule has 2 rings (SSSR count). The minimum atomic E-state index is -0.215. The number of rotatable bonds is 6. The number of hydrogen-bond acceptors (Lipinski definition) is 4. The van der Waals surface area contributed by atoms with Gasteiger partial charge in [-0.2, -0.15) is 0 Å². The number of methoxy groups -OCH3 is 1. The molecule has 0 spiro atoms. The maximum absolute atomic E-state index is 12.4. The van der Waals surface area contributed by atoms with Crippen LogP contribution in [0.15, 0.2) is 16.5 Å². The Balaban J connectivity index is 0.00000242. The molecule has 1 aromatic rings. The van der Waals surface area contributed by atoms with Crippen LogP contribution in [0, 0.1) is 5.92 Å². The monoisotopic (exact) mass is 330 g/mol. The van der Waals surface area contributed by atoms with Gasteiger partial charge in [-0.15, -0.1) is 12.4 Å². The largest absolute Gasteiger partial charge is 0.464 e. The lowest BCUT2D eigenvalue weighted by Crippen LogP contribution is -2.43. The molecule has 0 aliphatic carbocycles. The van der Waals surface area contributed by atoms with Gasteiger partial charge in [0.2, 0.25) is 5.91 Å². The van der Waals surface area contributed by atoms with Gasteiger partial charge in [-0.05, 0) is 38.4 Å². The number of furan rings is 1. The minimum absolute atomic E-state index is 0. The second-order valence-electron chi connectivity index (χ2n) is 5.75. The molecule has 0 aromatic carbocycles. The standard InChI is InChI=1S/C16H26N2O3.ClH/c1-4-13-5-6-15(21-13)14(10-20-3)18-16(19)12-7-8-17-11(2)9-12;/h5-6,11-12,14,17H,4,7-10H2,1-3H3,(H,18,19);1H/t11-,12-,14?;/m0./s1. The van der Waals surface area contributed by atoms with Crippen molar-refractivity contribution in [3.05, 3.63) is 23.7 Å². The predicted octanol–water partition coefficient (Wildman–Crippen LogP) is 2.46. The number of nitrogens with one attached hydrogen (secondary N) is 2. The van der Waals surface area contributed by atoms with E-state index in [4.69, 9.17) is 9.15 Å². The lowest BCUT2D eigenvalue weighted by molar-refractivity contribution is -0.127. The summed E-state index contributed by atoms with van der Waals surface area (Å²) in [5.41, 5.74) is 0. The van der Waals surface area contributed by atoms with Crippen LogP contribution >= 0.6 is 12.4 Å². The summed E-state index contributed by atoms with van der Waals surface area (Å²) in [5.74, 6) is 1.86. The highest BCUT2D eigenvalue weighted by atomic mass is 35.5. The molecular weight excluding hydrogens is 304 g/mol. The SMILES string of the molecule is CCc1ccc(C(COC)NC(=O)[C@H]2CCN[C@@H](C)C2)o1.Cl. The summed E-state index contributed by atoms with van der Waals surface area (Å²) in [6, 6.07) is 4.06. The van der Waals surface area contributed by atoms with Crippen molar-refractivity contribution < 1.29 is 13.9 Å². The molecule has 22 heavy (non-hydrogen) atoms. The molecule has 1 amide bonds. The number of amides is 1. The van der Waals surface area contributed by atoms with E-state index in [2.05, 4.69) is 17.6 Å². The van der Waals surface area contributed by atoms with Crippen molar-refractivity contribution in [2.45, 2.75) is 45.2 Å². The molecule has 2 heterocycles. The summed E-state index contributed by atoms with van der Waals surface area (Å²) in [7, 11) is 1.63. The van der Waals surface area contributed by atoms with E-state index < -0.39 is 0 Å². The van der Waals surface area contributed by atoms with Crippen LogP contribution in [-0.4, -0.2) is 32.2 Å². The zero-order chi connectivity index (χ0) is 15.2. The van der Waals surface area contributed by atoms with Gasteiger partial charge >= 0.3 is 0 Å². The number of halogens is 1. The third-order valence-corrected chi connectivity index (χ3v) is 4.02. The minimum Gasteiger partial charge on any atom is -0.464 e. The summed E-state index contributed by atoms with van der Waals surface area (Å²) < 4.78 is 11.0. The van der Waals surface area contributed by atoms with Crippen LogP contribution in [0.25, 0.3) is 0 Å². The van der Waals surface area contributed by atoms with Gasteiger partial charge in [-0.1, -0.05) is 6.92 Å². The van der Waals surface area contributed by atoms with E-state index in [-0.39, 0.29) is 30.3 Å². The van der Waals surface area contributed by atoms with Gasteiger partial charge in [-0.25, -0.2) is 0 Å². The summed E-state index contributed by atoms with van der Waals surface area (Å²) in [6.07, 6.45) is 2.61. The van der Waals surface area contributed by atoms with Crippen LogP contribution in [0.1, 0.15) is 44.3 Å². The van der Waals surface area contributed by atoms with E-state index >= 15 is 0 Å². The lowest BCUT2D eigenvalue weighted by atomic mass is 9.92. The molecule has 5 nitrogen and oxygen atoms in total. The molecule has 126 valence electrons. The predicted molar refractivity (Wildman–Crippen MR) is 88.3 cm³/mol. The Morgan fingerprint density at radius 2 is 2.32 bits per heavy atom. The fourth-order valence-electron chi connectivity index (χ4n) is 2.79. The zero-order valence-electron chi connectivity index (χ0n) is 13.6. The third kappa shape index (κ3) is 5.00. The molecule has 1 aliphatic heterocycles. The van der Waals surface area contributed by atoms with E-state index in [1.165, 1.54) is 0 Å². The highest BCUT2D eigenvalue weighted by Gasteiger charge is 2.27. The van der Waals surface area contributed by atoms with Crippen molar-refractivity contribution in [2.75, 3.05) is 20.3 Å². The van der Waals surface area contributed by atoms with E-state index in [0.717, 1.165) is 37.3 Å². The molecule has 0 radical (unpaired) electrons. The number of ether oxygens (including phenoxy) is 1. The Labute approximate surface area is 138 Å². The van der Waals surface area contributed by atoms with Crippen LogP contribution in [0.3, 0.4) is 0 Å². The van der Waals surface area contributed by atoms with Crippen LogP contribution < -0.4 is 10.6 Å². The molecule has 1 aliphatic rings. The van der Waals surface area contributed by atoms with E-state index in [0.29, 0.717) is 12.6 Å². The number of carbonyl (C=O) groups excluding carboxylic acids is 1. The van der Waals surface area contributed by atoms with Gasteiger partial charge in [0.15, 0.2) is 0 Å². The molecule has 1 saturated heterocycles. The Morgan fingerprint density at radius 3 is 2.91 bits per heavy atom. The fraction of sp³-hybridized carbons (Fsp3) is 0.688. The van der Waals surface area contributed by atoms with Crippen LogP contribution in [-0.2, 0) is 16.0 Å². The van der Waals surface area contributed by atoms with Gasteiger partial charge in [-0.3, -0.25) is 4.79 Å². The van der Waals surface area contributed by atoms with Crippen LogP contribution in [0.4, 0.5) is 0 Å². The Hall–Kier alpha value is -1.04. The van der Waals surface area contributed by atoms with Gasteiger partial charge < -0.3 is 19.8 Å². The average molecular weight is 331 g/mol. The number of aryl methyl sites for hydroxylation is 1. The summed E-state index contributed by atoms with van der Waals surface area (Å²) >= 11 is 0. The molecule has 1 fully saturated rings. The second kappa shape index (κ2) is 9.18. The molecule has 3 atom stereocenters. The van der Waals surface area contributed by atoms with Crippen molar-refractivity contribution in [2.24, 2.45) is 5.92 Å². The molecule has 1 unspecified atom stereocenters. The molecule has 0 bridgehead atoms. The van der Waals surface area contributed by atoms with Crippen LogP contribution in [0.2, 0.25) is 0 Å². The highest BCUT2D eigenvalue weighted by Crippen LogP contribution is 2.21. The van der Waals surface area contributed by atoms with Gasteiger partial charge in [0.05, 0.1) is 6.61 Å². The first-order chi connectivity index (χ1) is 10.1. The average Bonchev–Trinajstić information content (AvgIpc) is 2.95. The van der Waals surface area contributed by atoms with Crippen molar-refractivity contribution in [3.8, 4) is 0 Å². The Bertz CT molecular complexity index is 464. The van der Waals surface area contributed by atoms with Crippen LogP contribution in [0.5, 0.6) is 0 Å². The normalized spacial score (nSPS) is 22.7. The van der Waals surface area contributed by atoms with Crippen molar-refractivity contribution in [1.82, 2.24) is 10.6 Å². The number of piperidine rings is 1. The maximum atomic E-state index is 12.4. The van der Waals surface area contributed by atoms with Crippen molar-refractivity contribution >= 4 is 18.3 Å². The molecule has 1 aromatic heterocycles. The van der Waals surface area contributed by atoms with Crippen molar-refractivity contribution in [3.63, 3.8) is 0 Å². The first-order valence-electron chi connectivity index (χ1n) is 7.75. The molecule has 2 N–H and O–H groups in total. The number of carbonyl (C=O) groups is 1.